The van der Waals surface area contributed by atoms with Gasteiger partial charge in [-0.2, -0.15) is 8.78 Å². The standard InChI is InChI=1S/C28H41F4NO7/c1-19-23(29)25(31)27(26(32)24(19)30)40-22(35)8-12-37-14-16-39-18-17-38-15-13-36-11-7-21(34)33-9-5-20(6-10-33)28(2,3)4/h20H,5-18H2,1-4H3. The number of carbonyl (C=O) groups is 2. The zero-order valence-electron chi connectivity index (χ0n) is 23.8. The molecule has 1 amide bonds. The molecule has 0 radical (unpaired) electrons. The molecule has 0 aromatic heterocycles. The molecule has 1 heterocycles. The van der Waals surface area contributed by atoms with Crippen molar-refractivity contribution in [3.05, 3.63) is 28.8 Å². The van der Waals surface area contributed by atoms with Gasteiger partial charge in [-0.1, -0.05) is 20.8 Å². The van der Waals surface area contributed by atoms with Crippen molar-refractivity contribution in [1.82, 2.24) is 4.90 Å². The summed E-state index contributed by atoms with van der Waals surface area (Å²) in [6.45, 7) is 11.1. The van der Waals surface area contributed by atoms with Crippen molar-refractivity contribution in [2.24, 2.45) is 11.3 Å². The fraction of sp³-hybridized carbons (Fsp3) is 0.714. The van der Waals surface area contributed by atoms with Crippen molar-refractivity contribution >= 4 is 11.9 Å². The molecule has 0 bridgehead atoms. The average Bonchev–Trinajstić information content (AvgIpc) is 2.92. The molecule has 228 valence electrons. The van der Waals surface area contributed by atoms with Gasteiger partial charge in [-0.05, 0) is 31.1 Å². The fourth-order valence-corrected chi connectivity index (χ4v) is 4.21. The Kier molecular flexibility index (Phi) is 14.3. The smallest absolute Gasteiger partial charge is 0.313 e. The molecule has 0 spiro atoms. The van der Waals surface area contributed by atoms with Crippen LogP contribution in [-0.2, 0) is 28.5 Å². The van der Waals surface area contributed by atoms with Crippen molar-refractivity contribution in [3.63, 3.8) is 0 Å². The number of hydrogen-bond donors (Lipinski definition) is 0. The van der Waals surface area contributed by atoms with Crippen LogP contribution >= 0.6 is 0 Å². The van der Waals surface area contributed by atoms with Crippen molar-refractivity contribution in [1.29, 1.82) is 0 Å². The molecule has 0 unspecified atom stereocenters. The number of carbonyl (C=O) groups excluding carboxylic acids is 2. The van der Waals surface area contributed by atoms with E-state index in [9.17, 15) is 27.2 Å². The molecular formula is C28H41F4NO7. The van der Waals surface area contributed by atoms with E-state index < -0.39 is 40.6 Å². The van der Waals surface area contributed by atoms with Crippen LogP contribution < -0.4 is 4.74 Å². The van der Waals surface area contributed by atoms with Crippen LogP contribution in [0, 0.1) is 41.5 Å². The largest absolute Gasteiger partial charge is 0.420 e. The first-order chi connectivity index (χ1) is 18.9. The second-order valence-electron chi connectivity index (χ2n) is 10.7. The molecule has 0 N–H and O–H groups in total. The molecule has 0 saturated carbocycles. The molecule has 1 aliphatic rings. The third kappa shape index (κ3) is 10.9. The lowest BCUT2D eigenvalue weighted by Gasteiger charge is -2.38. The minimum atomic E-state index is -1.77. The predicted molar refractivity (Wildman–Crippen MR) is 138 cm³/mol. The van der Waals surface area contributed by atoms with Crippen molar-refractivity contribution in [2.75, 3.05) is 65.9 Å². The summed E-state index contributed by atoms with van der Waals surface area (Å²) in [7, 11) is 0. The molecule has 1 saturated heterocycles. The molecular weight excluding hydrogens is 538 g/mol. The molecule has 1 aromatic carbocycles. The molecule has 1 aromatic rings. The SMILES string of the molecule is Cc1c(F)c(F)c(OC(=O)CCOCCOCCOCCOCCC(=O)N2CCC(C(C)(C)C)CC2)c(F)c1F. The number of esters is 1. The fourth-order valence-electron chi connectivity index (χ4n) is 4.21. The molecule has 40 heavy (non-hydrogen) atoms. The van der Waals surface area contributed by atoms with E-state index in [1.807, 2.05) is 4.90 Å². The van der Waals surface area contributed by atoms with Gasteiger partial charge in [-0.15, -0.1) is 0 Å². The quantitative estimate of drug-likeness (QED) is 0.0932. The topological polar surface area (TPSA) is 83.5 Å². The number of benzene rings is 1. The number of rotatable bonds is 16. The number of likely N-dealkylation sites (tertiary alicyclic amines) is 1. The molecule has 2 rings (SSSR count). The van der Waals surface area contributed by atoms with Gasteiger partial charge in [0, 0.05) is 18.7 Å². The van der Waals surface area contributed by atoms with E-state index in [1.165, 1.54) is 0 Å². The maximum absolute atomic E-state index is 13.8. The van der Waals surface area contributed by atoms with Gasteiger partial charge >= 0.3 is 5.97 Å². The molecule has 0 atom stereocenters. The summed E-state index contributed by atoms with van der Waals surface area (Å²) in [6.07, 6.45) is 2.05. The van der Waals surface area contributed by atoms with E-state index in [0.717, 1.165) is 32.9 Å². The highest BCUT2D eigenvalue weighted by Crippen LogP contribution is 2.34. The summed E-state index contributed by atoms with van der Waals surface area (Å²) in [5, 5.41) is 0. The van der Waals surface area contributed by atoms with Crippen LogP contribution in [0.1, 0.15) is 52.0 Å². The summed E-state index contributed by atoms with van der Waals surface area (Å²) in [5.74, 6) is -8.55. The molecule has 1 fully saturated rings. The van der Waals surface area contributed by atoms with Gasteiger partial charge in [-0.25, -0.2) is 8.78 Å². The lowest BCUT2D eigenvalue weighted by Crippen LogP contribution is -2.41. The van der Waals surface area contributed by atoms with Gasteiger partial charge in [0.05, 0.1) is 65.7 Å². The monoisotopic (exact) mass is 579 g/mol. The van der Waals surface area contributed by atoms with E-state index in [0.29, 0.717) is 45.4 Å². The Balaban J connectivity index is 1.41. The normalized spacial score (nSPS) is 14.6. The number of halogens is 4. The van der Waals surface area contributed by atoms with Crippen molar-refractivity contribution in [2.45, 2.75) is 53.4 Å². The molecule has 12 heteroatoms. The predicted octanol–water partition coefficient (Wildman–Crippen LogP) is 4.59. The number of amides is 1. The highest BCUT2D eigenvalue weighted by Gasteiger charge is 2.30. The van der Waals surface area contributed by atoms with Crippen LogP contribution in [0.4, 0.5) is 17.6 Å². The maximum atomic E-state index is 13.8. The van der Waals surface area contributed by atoms with E-state index >= 15 is 0 Å². The van der Waals surface area contributed by atoms with E-state index in [1.54, 1.807) is 0 Å². The zero-order valence-corrected chi connectivity index (χ0v) is 23.8. The maximum Gasteiger partial charge on any atom is 0.313 e. The second kappa shape index (κ2) is 16.9. The first-order valence-electron chi connectivity index (χ1n) is 13.6. The first-order valence-corrected chi connectivity index (χ1v) is 13.6. The number of ether oxygens (including phenoxy) is 5. The highest BCUT2D eigenvalue weighted by molar-refractivity contribution is 5.76. The summed E-state index contributed by atoms with van der Waals surface area (Å²) in [5.41, 5.74) is -0.568. The Morgan fingerprint density at radius 3 is 1.60 bits per heavy atom. The minimum absolute atomic E-state index is 0.126. The van der Waals surface area contributed by atoms with Crippen LogP contribution in [-0.4, -0.2) is 82.7 Å². The van der Waals surface area contributed by atoms with E-state index in [4.69, 9.17) is 18.9 Å². The summed E-state index contributed by atoms with van der Waals surface area (Å²) < 4.78 is 80.4. The molecule has 8 nitrogen and oxygen atoms in total. The van der Waals surface area contributed by atoms with Gasteiger partial charge in [0.1, 0.15) is 0 Å². The Morgan fingerprint density at radius 2 is 1.15 bits per heavy atom. The Morgan fingerprint density at radius 1 is 0.725 bits per heavy atom. The Hall–Kier alpha value is -2.28. The summed E-state index contributed by atoms with van der Waals surface area (Å²) in [4.78, 5) is 26.0. The molecule has 0 aliphatic carbocycles. The highest BCUT2D eigenvalue weighted by atomic mass is 19.2. The van der Waals surface area contributed by atoms with Gasteiger partial charge < -0.3 is 28.6 Å². The lowest BCUT2D eigenvalue weighted by atomic mass is 9.75. The summed E-state index contributed by atoms with van der Waals surface area (Å²) >= 11 is 0. The van der Waals surface area contributed by atoms with Gasteiger partial charge in [-0.3, -0.25) is 9.59 Å². The van der Waals surface area contributed by atoms with Gasteiger partial charge in [0.2, 0.25) is 23.3 Å². The molecule has 1 aliphatic heterocycles. The van der Waals surface area contributed by atoms with Gasteiger partial charge in [0.25, 0.3) is 0 Å². The van der Waals surface area contributed by atoms with Gasteiger partial charge in [0.15, 0.2) is 11.6 Å². The van der Waals surface area contributed by atoms with Crippen LogP contribution in [0.25, 0.3) is 0 Å². The van der Waals surface area contributed by atoms with Crippen molar-refractivity contribution < 1.29 is 50.8 Å². The third-order valence-electron chi connectivity index (χ3n) is 6.76. The van der Waals surface area contributed by atoms with E-state index in [-0.39, 0.29) is 37.6 Å². The third-order valence-corrected chi connectivity index (χ3v) is 6.76. The average molecular weight is 580 g/mol. The zero-order chi connectivity index (χ0) is 29.7. The number of piperidine rings is 1. The lowest BCUT2D eigenvalue weighted by molar-refractivity contribution is -0.136. The van der Waals surface area contributed by atoms with Crippen LogP contribution in [0.3, 0.4) is 0 Å². The number of nitrogens with zero attached hydrogens (tertiary/aromatic N) is 1. The Labute approximate surface area is 233 Å². The van der Waals surface area contributed by atoms with E-state index in [2.05, 4.69) is 25.5 Å². The van der Waals surface area contributed by atoms with Crippen LogP contribution in [0.5, 0.6) is 5.75 Å². The van der Waals surface area contributed by atoms with Crippen molar-refractivity contribution in [3.8, 4) is 5.75 Å². The first kappa shape index (κ1) is 33.9. The number of hydrogen-bond acceptors (Lipinski definition) is 7. The second-order valence-corrected chi connectivity index (χ2v) is 10.7. The Bertz CT molecular complexity index is 934. The summed E-state index contributed by atoms with van der Waals surface area (Å²) in [6, 6.07) is 0. The van der Waals surface area contributed by atoms with Crippen LogP contribution in [0.2, 0.25) is 0 Å². The van der Waals surface area contributed by atoms with Crippen LogP contribution in [0.15, 0.2) is 0 Å². The minimum Gasteiger partial charge on any atom is -0.420 e.